The van der Waals surface area contributed by atoms with Crippen LogP contribution < -0.4 is 10.1 Å². The van der Waals surface area contributed by atoms with Crippen LogP contribution in [0.2, 0.25) is 0 Å². The Morgan fingerprint density at radius 2 is 1.73 bits per heavy atom. The first-order valence-electron chi connectivity index (χ1n) is 7.81. The van der Waals surface area contributed by atoms with Crippen molar-refractivity contribution >= 4 is 0 Å². The molecule has 0 spiro atoms. The van der Waals surface area contributed by atoms with Crippen molar-refractivity contribution in [1.29, 1.82) is 0 Å². The number of nitrogens with one attached hydrogen (secondary N) is 1. The Bertz CT molecular complexity index is 535. The van der Waals surface area contributed by atoms with Crippen LogP contribution in [0.5, 0.6) is 5.75 Å². The SMILES string of the molecule is CC[C@H](CO)N[C@@H](Cc1ccccc1)c1ccc(OC)cc1. The Balaban J connectivity index is 2.19. The van der Waals surface area contributed by atoms with Gasteiger partial charge in [0.05, 0.1) is 13.7 Å². The minimum absolute atomic E-state index is 0.107. The second kappa shape index (κ2) is 8.57. The number of hydrogen-bond acceptors (Lipinski definition) is 3. The van der Waals surface area contributed by atoms with Crippen LogP contribution in [-0.2, 0) is 6.42 Å². The summed E-state index contributed by atoms with van der Waals surface area (Å²) in [6.07, 6.45) is 1.79. The van der Waals surface area contributed by atoms with Gasteiger partial charge in [0.2, 0.25) is 0 Å². The fourth-order valence-corrected chi connectivity index (χ4v) is 2.54. The molecule has 2 aromatic carbocycles. The van der Waals surface area contributed by atoms with Gasteiger partial charge in [0.15, 0.2) is 0 Å². The van der Waals surface area contributed by atoms with Crippen molar-refractivity contribution < 1.29 is 9.84 Å². The van der Waals surface area contributed by atoms with Crippen molar-refractivity contribution in [3.05, 3.63) is 65.7 Å². The van der Waals surface area contributed by atoms with E-state index in [9.17, 15) is 5.11 Å². The lowest BCUT2D eigenvalue weighted by Gasteiger charge is -2.25. The zero-order chi connectivity index (χ0) is 15.8. The van der Waals surface area contributed by atoms with E-state index in [-0.39, 0.29) is 18.7 Å². The molecule has 0 amide bonds. The van der Waals surface area contributed by atoms with E-state index in [0.717, 1.165) is 18.6 Å². The van der Waals surface area contributed by atoms with Crippen LogP contribution in [0.4, 0.5) is 0 Å². The molecule has 0 saturated carbocycles. The zero-order valence-electron chi connectivity index (χ0n) is 13.3. The van der Waals surface area contributed by atoms with Gasteiger partial charge in [0.25, 0.3) is 0 Å². The first-order chi connectivity index (χ1) is 10.8. The largest absolute Gasteiger partial charge is 0.497 e. The number of rotatable bonds is 8. The summed E-state index contributed by atoms with van der Waals surface area (Å²) in [7, 11) is 1.67. The van der Waals surface area contributed by atoms with Gasteiger partial charge in [-0.05, 0) is 36.1 Å². The summed E-state index contributed by atoms with van der Waals surface area (Å²) in [5, 5.41) is 13.1. The fraction of sp³-hybridized carbons (Fsp3) is 0.368. The monoisotopic (exact) mass is 299 g/mol. The third-order valence-corrected chi connectivity index (χ3v) is 3.95. The first kappa shape index (κ1) is 16.5. The Labute approximate surface area is 133 Å². The number of aliphatic hydroxyl groups is 1. The van der Waals surface area contributed by atoms with Crippen molar-refractivity contribution in [2.75, 3.05) is 13.7 Å². The summed E-state index contributed by atoms with van der Waals surface area (Å²) in [4.78, 5) is 0. The average Bonchev–Trinajstić information content (AvgIpc) is 2.59. The summed E-state index contributed by atoms with van der Waals surface area (Å²) >= 11 is 0. The van der Waals surface area contributed by atoms with E-state index in [4.69, 9.17) is 4.74 Å². The molecule has 118 valence electrons. The molecular formula is C19H25NO2. The Kier molecular flexibility index (Phi) is 6.44. The van der Waals surface area contributed by atoms with Gasteiger partial charge < -0.3 is 15.2 Å². The molecule has 0 saturated heterocycles. The minimum Gasteiger partial charge on any atom is -0.497 e. The average molecular weight is 299 g/mol. The molecule has 2 N–H and O–H groups in total. The van der Waals surface area contributed by atoms with Gasteiger partial charge in [-0.2, -0.15) is 0 Å². The molecule has 0 aliphatic rings. The summed E-state index contributed by atoms with van der Waals surface area (Å²) in [5.74, 6) is 0.858. The van der Waals surface area contributed by atoms with Crippen molar-refractivity contribution in [1.82, 2.24) is 5.32 Å². The molecule has 2 rings (SSSR count). The Morgan fingerprint density at radius 1 is 1.05 bits per heavy atom. The first-order valence-corrected chi connectivity index (χ1v) is 7.81. The molecule has 0 fully saturated rings. The molecule has 0 radical (unpaired) electrons. The number of aliphatic hydroxyl groups excluding tert-OH is 1. The van der Waals surface area contributed by atoms with Crippen LogP contribution in [-0.4, -0.2) is 24.9 Å². The van der Waals surface area contributed by atoms with Crippen molar-refractivity contribution in [3.8, 4) is 5.75 Å². The van der Waals surface area contributed by atoms with E-state index in [2.05, 4.69) is 48.6 Å². The lowest BCUT2D eigenvalue weighted by Crippen LogP contribution is -2.36. The Morgan fingerprint density at radius 3 is 2.27 bits per heavy atom. The van der Waals surface area contributed by atoms with E-state index in [1.165, 1.54) is 11.1 Å². The van der Waals surface area contributed by atoms with Gasteiger partial charge in [-0.25, -0.2) is 0 Å². The highest BCUT2D eigenvalue weighted by atomic mass is 16.5. The number of ether oxygens (including phenoxy) is 1. The predicted molar refractivity (Wildman–Crippen MR) is 90.2 cm³/mol. The molecule has 0 aliphatic heterocycles. The standard InChI is InChI=1S/C19H25NO2/c1-3-17(14-21)20-19(13-15-7-5-4-6-8-15)16-9-11-18(22-2)12-10-16/h4-12,17,19-21H,3,13-14H2,1-2H3/t17-,19+/m1/s1. The molecule has 0 aliphatic carbocycles. The van der Waals surface area contributed by atoms with E-state index in [0.29, 0.717) is 0 Å². The lowest BCUT2D eigenvalue weighted by atomic mass is 9.97. The van der Waals surface area contributed by atoms with E-state index < -0.39 is 0 Å². The second-order valence-electron chi connectivity index (χ2n) is 5.47. The molecule has 2 atom stereocenters. The number of benzene rings is 2. The smallest absolute Gasteiger partial charge is 0.118 e. The van der Waals surface area contributed by atoms with Crippen molar-refractivity contribution in [2.24, 2.45) is 0 Å². The number of hydrogen-bond donors (Lipinski definition) is 2. The second-order valence-corrected chi connectivity index (χ2v) is 5.47. The van der Waals surface area contributed by atoms with Crippen LogP contribution in [0, 0.1) is 0 Å². The van der Waals surface area contributed by atoms with Gasteiger partial charge in [-0.15, -0.1) is 0 Å². The van der Waals surface area contributed by atoms with Crippen LogP contribution in [0.1, 0.15) is 30.5 Å². The van der Waals surface area contributed by atoms with Gasteiger partial charge in [0, 0.05) is 12.1 Å². The van der Waals surface area contributed by atoms with E-state index in [1.807, 2.05) is 18.2 Å². The van der Waals surface area contributed by atoms with Gasteiger partial charge in [-0.3, -0.25) is 0 Å². The maximum absolute atomic E-state index is 9.49. The van der Waals surface area contributed by atoms with Gasteiger partial charge in [0.1, 0.15) is 5.75 Å². The summed E-state index contributed by atoms with van der Waals surface area (Å²) in [6.45, 7) is 2.24. The third kappa shape index (κ3) is 4.58. The predicted octanol–water partition coefficient (Wildman–Crippen LogP) is 3.34. The highest BCUT2D eigenvalue weighted by molar-refractivity contribution is 5.30. The topological polar surface area (TPSA) is 41.5 Å². The summed E-state index contributed by atoms with van der Waals surface area (Å²) in [5.41, 5.74) is 2.49. The number of methoxy groups -OCH3 is 1. The summed E-state index contributed by atoms with van der Waals surface area (Å²) in [6, 6.07) is 18.8. The lowest BCUT2D eigenvalue weighted by molar-refractivity contribution is 0.227. The molecule has 0 heterocycles. The maximum Gasteiger partial charge on any atom is 0.118 e. The van der Waals surface area contributed by atoms with Crippen LogP contribution in [0.3, 0.4) is 0 Å². The van der Waals surface area contributed by atoms with E-state index >= 15 is 0 Å². The van der Waals surface area contributed by atoms with Gasteiger partial charge in [-0.1, -0.05) is 49.4 Å². The van der Waals surface area contributed by atoms with Crippen LogP contribution >= 0.6 is 0 Å². The molecule has 0 bridgehead atoms. The molecule has 0 aromatic heterocycles. The fourth-order valence-electron chi connectivity index (χ4n) is 2.54. The maximum atomic E-state index is 9.49. The Hall–Kier alpha value is -1.84. The zero-order valence-corrected chi connectivity index (χ0v) is 13.3. The van der Waals surface area contributed by atoms with Crippen LogP contribution in [0.25, 0.3) is 0 Å². The van der Waals surface area contributed by atoms with E-state index in [1.54, 1.807) is 7.11 Å². The van der Waals surface area contributed by atoms with Crippen molar-refractivity contribution in [2.45, 2.75) is 31.8 Å². The minimum atomic E-state index is 0.107. The normalized spacial score (nSPS) is 13.6. The molecule has 3 nitrogen and oxygen atoms in total. The molecule has 3 heteroatoms. The van der Waals surface area contributed by atoms with Crippen molar-refractivity contribution in [3.63, 3.8) is 0 Å². The third-order valence-electron chi connectivity index (χ3n) is 3.95. The quantitative estimate of drug-likeness (QED) is 0.785. The summed E-state index contributed by atoms with van der Waals surface area (Å²) < 4.78 is 5.23. The van der Waals surface area contributed by atoms with Gasteiger partial charge >= 0.3 is 0 Å². The molecule has 0 unspecified atom stereocenters. The highest BCUT2D eigenvalue weighted by Crippen LogP contribution is 2.22. The highest BCUT2D eigenvalue weighted by Gasteiger charge is 2.16. The molecular weight excluding hydrogens is 274 g/mol. The van der Waals surface area contributed by atoms with Crippen LogP contribution in [0.15, 0.2) is 54.6 Å². The molecule has 2 aromatic rings. The molecule has 22 heavy (non-hydrogen) atoms.